The van der Waals surface area contributed by atoms with Gasteiger partial charge in [0.15, 0.2) is 0 Å². The molecule has 0 aliphatic heterocycles. The summed E-state index contributed by atoms with van der Waals surface area (Å²) in [7, 11) is 0. The van der Waals surface area contributed by atoms with Gasteiger partial charge in [0, 0.05) is 0 Å². The molecular formula is C18H16N2O3. The molecule has 3 aromatic rings. The zero-order chi connectivity index (χ0) is 16.2. The fraction of sp³-hybridized carbons (Fsp3) is 0.111. The maximum Gasteiger partial charge on any atom is 0.337 e. The topological polar surface area (TPSA) is 75.2 Å². The van der Waals surface area contributed by atoms with Crippen LogP contribution in [-0.2, 0) is 0 Å². The number of fused-ring (bicyclic) bond motifs is 1. The highest BCUT2D eigenvalue weighted by atomic mass is 16.5. The van der Waals surface area contributed by atoms with Gasteiger partial charge in [-0.2, -0.15) is 0 Å². The van der Waals surface area contributed by atoms with Crippen molar-refractivity contribution in [3.05, 3.63) is 59.4 Å². The van der Waals surface area contributed by atoms with Gasteiger partial charge < -0.3 is 14.8 Å². The van der Waals surface area contributed by atoms with Crippen LogP contribution in [0.25, 0.3) is 23.2 Å². The highest BCUT2D eigenvalue weighted by Crippen LogP contribution is 2.18. The van der Waals surface area contributed by atoms with E-state index < -0.39 is 5.97 Å². The van der Waals surface area contributed by atoms with Gasteiger partial charge in [-0.15, -0.1) is 0 Å². The third kappa shape index (κ3) is 3.23. The van der Waals surface area contributed by atoms with Crippen molar-refractivity contribution in [2.45, 2.75) is 6.92 Å². The minimum absolute atomic E-state index is 0.194. The Bertz CT molecular complexity index is 864. The number of carbonyl (C=O) groups is 1. The maximum absolute atomic E-state index is 11.2. The molecule has 1 heterocycles. The number of H-pyrrole nitrogens is 1. The van der Waals surface area contributed by atoms with Crippen LogP contribution in [0.15, 0.2) is 42.5 Å². The zero-order valence-electron chi connectivity index (χ0n) is 12.6. The average Bonchev–Trinajstić information content (AvgIpc) is 2.97. The predicted octanol–water partition coefficient (Wildman–Crippen LogP) is 3.83. The molecule has 2 N–H and O–H groups in total. The number of para-hydroxylation sites is 1. The first-order valence-electron chi connectivity index (χ1n) is 7.30. The zero-order valence-corrected chi connectivity index (χ0v) is 12.6. The molecule has 0 saturated heterocycles. The summed E-state index contributed by atoms with van der Waals surface area (Å²) in [4.78, 5) is 18.7. The van der Waals surface area contributed by atoms with Crippen LogP contribution in [-0.4, -0.2) is 27.7 Å². The monoisotopic (exact) mass is 308 g/mol. The molecule has 116 valence electrons. The van der Waals surface area contributed by atoms with E-state index >= 15 is 0 Å². The van der Waals surface area contributed by atoms with Crippen molar-refractivity contribution in [2.75, 3.05) is 6.61 Å². The molecule has 0 saturated carbocycles. The summed E-state index contributed by atoms with van der Waals surface area (Å²) >= 11 is 0. The van der Waals surface area contributed by atoms with Gasteiger partial charge in [0.05, 0.1) is 17.7 Å². The minimum atomic E-state index is -0.982. The number of aromatic carboxylic acids is 1. The highest BCUT2D eigenvalue weighted by molar-refractivity contribution is 6.01. The van der Waals surface area contributed by atoms with Crippen LogP contribution in [0, 0.1) is 0 Å². The first-order chi connectivity index (χ1) is 11.2. The van der Waals surface area contributed by atoms with E-state index in [-0.39, 0.29) is 5.56 Å². The van der Waals surface area contributed by atoms with E-state index in [1.54, 1.807) is 12.1 Å². The Labute approximate surface area is 133 Å². The number of nitrogens with one attached hydrogen (secondary N) is 1. The van der Waals surface area contributed by atoms with Crippen LogP contribution in [0.5, 0.6) is 5.75 Å². The van der Waals surface area contributed by atoms with Gasteiger partial charge in [0.2, 0.25) is 0 Å². The fourth-order valence-electron chi connectivity index (χ4n) is 2.32. The van der Waals surface area contributed by atoms with Crippen molar-refractivity contribution in [3.63, 3.8) is 0 Å². The smallest absolute Gasteiger partial charge is 0.337 e. The summed E-state index contributed by atoms with van der Waals surface area (Å²) in [6, 6.07) is 12.8. The second-order valence-electron chi connectivity index (χ2n) is 4.96. The molecule has 5 heteroatoms. The molecule has 2 aromatic carbocycles. The number of hydrogen-bond donors (Lipinski definition) is 2. The van der Waals surface area contributed by atoms with Crippen LogP contribution in [0.1, 0.15) is 28.7 Å². The van der Waals surface area contributed by atoms with Crippen molar-refractivity contribution in [1.82, 2.24) is 9.97 Å². The number of carboxylic acid groups (broad SMARTS) is 1. The molecular weight excluding hydrogens is 292 g/mol. The van der Waals surface area contributed by atoms with Gasteiger partial charge in [-0.1, -0.05) is 24.3 Å². The third-order valence-electron chi connectivity index (χ3n) is 3.39. The van der Waals surface area contributed by atoms with Crippen LogP contribution >= 0.6 is 0 Å². The first-order valence-corrected chi connectivity index (χ1v) is 7.30. The molecule has 0 fully saturated rings. The van der Waals surface area contributed by atoms with Gasteiger partial charge in [-0.25, -0.2) is 9.78 Å². The summed E-state index contributed by atoms with van der Waals surface area (Å²) in [5, 5.41) is 9.19. The predicted molar refractivity (Wildman–Crippen MR) is 89.6 cm³/mol. The summed E-state index contributed by atoms with van der Waals surface area (Å²) < 4.78 is 5.40. The molecule has 3 rings (SSSR count). The molecule has 23 heavy (non-hydrogen) atoms. The van der Waals surface area contributed by atoms with Crippen LogP contribution in [0.2, 0.25) is 0 Å². The molecule has 0 aliphatic carbocycles. The molecule has 1 aromatic heterocycles. The molecule has 0 unspecified atom stereocenters. The Balaban J connectivity index is 1.86. The number of aromatic amines is 1. The summed E-state index contributed by atoms with van der Waals surface area (Å²) in [5.74, 6) is 0.464. The summed E-state index contributed by atoms with van der Waals surface area (Å²) in [6.07, 6.45) is 3.73. The maximum atomic E-state index is 11.2. The molecule has 5 nitrogen and oxygen atoms in total. The number of imidazole rings is 1. The number of hydrogen-bond acceptors (Lipinski definition) is 3. The molecule has 0 spiro atoms. The van der Waals surface area contributed by atoms with Gasteiger partial charge >= 0.3 is 5.97 Å². The van der Waals surface area contributed by atoms with E-state index in [2.05, 4.69) is 9.97 Å². The highest BCUT2D eigenvalue weighted by Gasteiger charge is 2.11. The molecule has 0 radical (unpaired) electrons. The normalized spacial score (nSPS) is 11.2. The van der Waals surface area contributed by atoms with Gasteiger partial charge in [0.1, 0.15) is 17.1 Å². The first kappa shape index (κ1) is 14.8. The molecule has 0 bridgehead atoms. The van der Waals surface area contributed by atoms with Gasteiger partial charge in [0.25, 0.3) is 0 Å². The number of rotatable bonds is 5. The number of ether oxygens (including phenoxy) is 1. The number of carboxylic acids is 1. The van der Waals surface area contributed by atoms with Crippen molar-refractivity contribution < 1.29 is 14.6 Å². The van der Waals surface area contributed by atoms with E-state index in [9.17, 15) is 9.90 Å². The van der Waals surface area contributed by atoms with Crippen LogP contribution in [0.4, 0.5) is 0 Å². The Kier molecular flexibility index (Phi) is 4.10. The average molecular weight is 308 g/mol. The van der Waals surface area contributed by atoms with Gasteiger partial charge in [-0.05, 0) is 42.8 Å². The lowest BCUT2D eigenvalue weighted by atomic mass is 10.2. The Morgan fingerprint density at radius 2 is 2.00 bits per heavy atom. The standard InChI is InChI=1S/C18H16N2O3/c1-2-23-13-9-6-12(7-10-13)8-11-16-19-15-5-3-4-14(18(21)22)17(15)20-16/h3-11H,2H2,1H3,(H,19,20)(H,21,22)/b11-8+. The second-order valence-corrected chi connectivity index (χ2v) is 4.96. The second kappa shape index (κ2) is 6.36. The Morgan fingerprint density at radius 1 is 1.22 bits per heavy atom. The minimum Gasteiger partial charge on any atom is -0.494 e. The number of aromatic nitrogens is 2. The largest absolute Gasteiger partial charge is 0.494 e. The SMILES string of the molecule is CCOc1ccc(/C=C/c2nc3c(C(=O)O)cccc3[nH]2)cc1. The number of benzene rings is 2. The van der Waals surface area contributed by atoms with Crippen LogP contribution in [0.3, 0.4) is 0 Å². The lowest BCUT2D eigenvalue weighted by molar-refractivity contribution is 0.0699. The van der Waals surface area contributed by atoms with Crippen molar-refractivity contribution >= 4 is 29.2 Å². The van der Waals surface area contributed by atoms with E-state index in [4.69, 9.17) is 4.74 Å². The molecule has 0 aliphatic rings. The van der Waals surface area contributed by atoms with Crippen molar-refractivity contribution in [3.8, 4) is 5.75 Å². The quantitative estimate of drug-likeness (QED) is 0.751. The van der Waals surface area contributed by atoms with Gasteiger partial charge in [-0.3, -0.25) is 0 Å². The Morgan fingerprint density at radius 3 is 2.70 bits per heavy atom. The van der Waals surface area contributed by atoms with Crippen LogP contribution < -0.4 is 4.74 Å². The van der Waals surface area contributed by atoms with E-state index in [0.29, 0.717) is 23.5 Å². The Hall–Kier alpha value is -3.08. The van der Waals surface area contributed by atoms with E-state index in [1.165, 1.54) is 0 Å². The fourth-order valence-corrected chi connectivity index (χ4v) is 2.32. The lowest BCUT2D eigenvalue weighted by Crippen LogP contribution is -1.96. The third-order valence-corrected chi connectivity index (χ3v) is 3.39. The van der Waals surface area contributed by atoms with E-state index in [0.717, 1.165) is 11.3 Å². The molecule has 0 amide bonds. The van der Waals surface area contributed by atoms with Crippen molar-refractivity contribution in [1.29, 1.82) is 0 Å². The molecule has 0 atom stereocenters. The lowest BCUT2D eigenvalue weighted by Gasteiger charge is -2.01. The van der Waals surface area contributed by atoms with E-state index in [1.807, 2.05) is 49.4 Å². The summed E-state index contributed by atoms with van der Waals surface area (Å²) in [6.45, 7) is 2.58. The van der Waals surface area contributed by atoms with Crippen molar-refractivity contribution in [2.24, 2.45) is 0 Å². The summed E-state index contributed by atoms with van der Waals surface area (Å²) in [5.41, 5.74) is 2.37. The number of nitrogens with zero attached hydrogens (tertiary/aromatic N) is 1.